The van der Waals surface area contributed by atoms with Crippen LogP contribution in [0.5, 0.6) is 0 Å². The maximum absolute atomic E-state index is 14.3. The minimum absolute atomic E-state index is 0.0266. The van der Waals surface area contributed by atoms with Gasteiger partial charge in [0, 0.05) is 0 Å². The van der Waals surface area contributed by atoms with E-state index < -0.39 is 20.8 Å². The molecule has 0 amide bonds. The molecule has 0 aromatic carbocycles. The Morgan fingerprint density at radius 2 is 2.00 bits per heavy atom. The second-order valence-corrected chi connectivity index (χ2v) is 7.60. The summed E-state index contributed by atoms with van der Waals surface area (Å²) in [5.74, 6) is -0.0266. The van der Waals surface area contributed by atoms with Crippen molar-refractivity contribution in [2.24, 2.45) is 0 Å². The van der Waals surface area contributed by atoms with E-state index in [2.05, 4.69) is 5.32 Å². The predicted molar refractivity (Wildman–Crippen MR) is 64.1 cm³/mol. The van der Waals surface area contributed by atoms with Gasteiger partial charge in [0.1, 0.15) is 5.67 Å². The highest BCUT2D eigenvalue weighted by atomic mass is 32.2. The van der Waals surface area contributed by atoms with Gasteiger partial charge in [-0.3, -0.25) is 0 Å². The minimum atomic E-state index is -3.11. The van der Waals surface area contributed by atoms with Crippen molar-refractivity contribution in [2.45, 2.75) is 50.4 Å². The van der Waals surface area contributed by atoms with Gasteiger partial charge in [-0.25, -0.2) is 12.8 Å². The molecule has 96 valence electrons. The molecule has 3 nitrogen and oxygen atoms in total. The first-order chi connectivity index (χ1) is 7.36. The van der Waals surface area contributed by atoms with Crippen LogP contribution in [-0.2, 0) is 9.84 Å². The molecule has 16 heavy (non-hydrogen) atoms. The molecular weight excluding hydrogens is 229 g/mol. The molecule has 1 N–H and O–H groups in total. The fourth-order valence-electron chi connectivity index (χ4n) is 1.90. The summed E-state index contributed by atoms with van der Waals surface area (Å²) < 4.78 is 37.6. The Bertz CT molecular complexity index is 306. The van der Waals surface area contributed by atoms with Crippen molar-refractivity contribution in [3.05, 3.63) is 0 Å². The van der Waals surface area contributed by atoms with Crippen LogP contribution in [0.2, 0.25) is 0 Å². The van der Waals surface area contributed by atoms with Gasteiger partial charge in [-0.2, -0.15) is 0 Å². The third-order valence-corrected chi connectivity index (χ3v) is 5.49. The summed E-state index contributed by atoms with van der Waals surface area (Å²) in [6.07, 6.45) is 1.85. The molecule has 1 aliphatic heterocycles. The summed E-state index contributed by atoms with van der Waals surface area (Å²) in [4.78, 5) is 0. The average Bonchev–Trinajstić information content (AvgIpc) is 2.41. The summed E-state index contributed by atoms with van der Waals surface area (Å²) in [6.45, 7) is 4.78. The first kappa shape index (κ1) is 13.9. The van der Waals surface area contributed by atoms with Gasteiger partial charge in [-0.05, 0) is 52.6 Å². The van der Waals surface area contributed by atoms with E-state index in [1.54, 1.807) is 13.8 Å². The molecule has 1 aliphatic rings. The van der Waals surface area contributed by atoms with Crippen molar-refractivity contribution in [1.82, 2.24) is 5.32 Å². The van der Waals surface area contributed by atoms with E-state index >= 15 is 0 Å². The highest BCUT2D eigenvalue weighted by Gasteiger charge is 2.32. The molecule has 1 heterocycles. The lowest BCUT2D eigenvalue weighted by molar-refractivity contribution is 0.139. The standard InChI is InChI=1S/C11H22FNO2S/c1-10(2)16(14,15)9-6-11(12)4-3-7-13-8-5-11/h10,13H,3-9H2,1-2H3. The van der Waals surface area contributed by atoms with Crippen LogP contribution in [-0.4, -0.2) is 38.2 Å². The predicted octanol–water partition coefficient (Wildman–Crippen LogP) is 1.68. The first-order valence-corrected chi connectivity index (χ1v) is 7.68. The molecule has 1 rings (SSSR count). The largest absolute Gasteiger partial charge is 0.317 e. The van der Waals surface area contributed by atoms with E-state index in [0.29, 0.717) is 19.4 Å². The molecule has 0 radical (unpaired) electrons. The maximum atomic E-state index is 14.3. The smallest absolute Gasteiger partial charge is 0.152 e. The Labute approximate surface area is 97.7 Å². The molecular formula is C11H22FNO2S. The fraction of sp³-hybridized carbons (Fsp3) is 1.00. The van der Waals surface area contributed by atoms with Crippen molar-refractivity contribution in [2.75, 3.05) is 18.8 Å². The summed E-state index contributed by atoms with van der Waals surface area (Å²) in [7, 11) is -3.11. The molecule has 0 aromatic rings. The third-order valence-electron chi connectivity index (χ3n) is 3.28. The van der Waals surface area contributed by atoms with Crippen LogP contribution < -0.4 is 5.32 Å². The summed E-state index contributed by atoms with van der Waals surface area (Å²) in [5.41, 5.74) is -1.29. The fourth-order valence-corrected chi connectivity index (χ4v) is 3.03. The first-order valence-electron chi connectivity index (χ1n) is 5.97. The SMILES string of the molecule is CC(C)S(=O)(=O)CCC1(F)CCCNCC1. The van der Waals surface area contributed by atoms with Crippen molar-refractivity contribution < 1.29 is 12.8 Å². The number of hydrogen-bond acceptors (Lipinski definition) is 3. The van der Waals surface area contributed by atoms with Crippen LogP contribution in [0.25, 0.3) is 0 Å². The molecule has 1 fully saturated rings. The number of rotatable bonds is 4. The quantitative estimate of drug-likeness (QED) is 0.827. The number of nitrogens with one attached hydrogen (secondary N) is 1. The molecule has 0 saturated carbocycles. The van der Waals surface area contributed by atoms with Crippen molar-refractivity contribution in [1.29, 1.82) is 0 Å². The maximum Gasteiger partial charge on any atom is 0.152 e. The van der Waals surface area contributed by atoms with Crippen LogP contribution in [0.15, 0.2) is 0 Å². The number of halogens is 1. The highest BCUT2D eigenvalue weighted by molar-refractivity contribution is 7.91. The van der Waals surface area contributed by atoms with Crippen molar-refractivity contribution in [3.8, 4) is 0 Å². The Balaban J connectivity index is 2.52. The topological polar surface area (TPSA) is 46.2 Å². The summed E-state index contributed by atoms with van der Waals surface area (Å²) in [6, 6.07) is 0. The van der Waals surface area contributed by atoms with Crippen molar-refractivity contribution >= 4 is 9.84 Å². The zero-order chi connectivity index (χ0) is 12.2. The summed E-state index contributed by atoms with van der Waals surface area (Å²) in [5, 5.41) is 2.73. The van der Waals surface area contributed by atoms with Gasteiger partial charge in [0.15, 0.2) is 9.84 Å². The second kappa shape index (κ2) is 5.45. The number of hydrogen-bond donors (Lipinski definition) is 1. The average molecular weight is 251 g/mol. The lowest BCUT2D eigenvalue weighted by atomic mass is 9.94. The third kappa shape index (κ3) is 4.01. The van der Waals surface area contributed by atoms with Gasteiger partial charge >= 0.3 is 0 Å². The Hall–Kier alpha value is -0.160. The van der Waals surface area contributed by atoms with E-state index in [4.69, 9.17) is 0 Å². The summed E-state index contributed by atoms with van der Waals surface area (Å²) >= 11 is 0. The zero-order valence-corrected chi connectivity index (χ0v) is 10.9. The monoisotopic (exact) mass is 251 g/mol. The molecule has 1 saturated heterocycles. The molecule has 1 atom stereocenters. The van der Waals surface area contributed by atoms with Crippen LogP contribution in [0.3, 0.4) is 0 Å². The molecule has 1 unspecified atom stereocenters. The minimum Gasteiger partial charge on any atom is -0.317 e. The van der Waals surface area contributed by atoms with Gasteiger partial charge in [0.25, 0.3) is 0 Å². The Morgan fingerprint density at radius 3 is 2.62 bits per heavy atom. The lowest BCUT2D eigenvalue weighted by Crippen LogP contribution is -2.29. The highest BCUT2D eigenvalue weighted by Crippen LogP contribution is 2.29. The van der Waals surface area contributed by atoms with E-state index in [-0.39, 0.29) is 12.2 Å². The molecule has 0 aromatic heterocycles. The van der Waals surface area contributed by atoms with Crippen LogP contribution in [0, 0.1) is 0 Å². The van der Waals surface area contributed by atoms with Crippen LogP contribution >= 0.6 is 0 Å². The van der Waals surface area contributed by atoms with Crippen LogP contribution in [0.4, 0.5) is 4.39 Å². The van der Waals surface area contributed by atoms with Gasteiger partial charge in [-0.15, -0.1) is 0 Å². The molecule has 5 heteroatoms. The van der Waals surface area contributed by atoms with Crippen LogP contribution in [0.1, 0.15) is 39.5 Å². The lowest BCUT2D eigenvalue weighted by Gasteiger charge is -2.23. The zero-order valence-electron chi connectivity index (χ0n) is 10.1. The van der Waals surface area contributed by atoms with E-state index in [1.165, 1.54) is 0 Å². The van der Waals surface area contributed by atoms with Crippen molar-refractivity contribution in [3.63, 3.8) is 0 Å². The van der Waals surface area contributed by atoms with Gasteiger partial charge in [0.2, 0.25) is 0 Å². The Morgan fingerprint density at radius 1 is 1.31 bits per heavy atom. The van der Waals surface area contributed by atoms with Gasteiger partial charge < -0.3 is 5.32 Å². The molecule has 0 spiro atoms. The van der Waals surface area contributed by atoms with Gasteiger partial charge in [0.05, 0.1) is 11.0 Å². The van der Waals surface area contributed by atoms with E-state index in [1.807, 2.05) is 0 Å². The normalized spacial score (nSPS) is 28.0. The van der Waals surface area contributed by atoms with Gasteiger partial charge in [-0.1, -0.05) is 0 Å². The molecule has 0 bridgehead atoms. The van der Waals surface area contributed by atoms with E-state index in [0.717, 1.165) is 13.0 Å². The number of sulfone groups is 1. The Kier molecular flexibility index (Phi) is 4.73. The molecule has 0 aliphatic carbocycles. The van der Waals surface area contributed by atoms with E-state index in [9.17, 15) is 12.8 Å². The second-order valence-electron chi connectivity index (χ2n) is 4.92. The number of alkyl halides is 1.